The molecule has 1 aromatic rings. The fourth-order valence-electron chi connectivity index (χ4n) is 1.15. The predicted octanol–water partition coefficient (Wildman–Crippen LogP) is 2.62. The SMILES string of the molecule is C1=C[SH](Cc2ccccn2)C=C1. The molecular weight excluding hydrogens is 166 g/mol. The molecule has 62 valence electrons. The van der Waals surface area contributed by atoms with Crippen molar-refractivity contribution in [3.63, 3.8) is 0 Å². The molecule has 0 N–H and O–H groups in total. The summed E-state index contributed by atoms with van der Waals surface area (Å²) in [6.07, 6.45) is 6.09. The van der Waals surface area contributed by atoms with Gasteiger partial charge in [0.05, 0.1) is 0 Å². The van der Waals surface area contributed by atoms with Crippen molar-refractivity contribution >= 4 is 10.9 Å². The van der Waals surface area contributed by atoms with Crippen molar-refractivity contribution in [3.8, 4) is 0 Å². The van der Waals surface area contributed by atoms with Gasteiger partial charge in [-0.25, -0.2) is 10.9 Å². The Labute approximate surface area is 75.2 Å². The lowest BCUT2D eigenvalue weighted by atomic mass is 10.4. The van der Waals surface area contributed by atoms with Gasteiger partial charge in [0.2, 0.25) is 0 Å². The van der Waals surface area contributed by atoms with Crippen molar-refractivity contribution in [3.05, 3.63) is 53.1 Å². The normalized spacial score (nSPS) is 17.2. The van der Waals surface area contributed by atoms with E-state index in [1.165, 1.54) is 5.69 Å². The maximum atomic E-state index is 4.29. The van der Waals surface area contributed by atoms with Crippen molar-refractivity contribution in [2.45, 2.75) is 5.75 Å². The minimum absolute atomic E-state index is 0.0450. The fraction of sp³-hybridized carbons (Fsp3) is 0.100. The molecule has 0 amide bonds. The Balaban J connectivity index is 2.04. The second kappa shape index (κ2) is 3.59. The van der Waals surface area contributed by atoms with E-state index in [1.54, 1.807) is 0 Å². The zero-order valence-corrected chi connectivity index (χ0v) is 7.61. The number of rotatable bonds is 2. The first-order chi connectivity index (χ1) is 5.95. The van der Waals surface area contributed by atoms with Gasteiger partial charge in [0.1, 0.15) is 0 Å². The van der Waals surface area contributed by atoms with Crippen molar-refractivity contribution < 1.29 is 0 Å². The number of nitrogens with zero attached hydrogens (tertiary/aromatic N) is 1. The smallest absolute Gasteiger partial charge is 0.0491 e. The van der Waals surface area contributed by atoms with E-state index >= 15 is 0 Å². The number of allylic oxidation sites excluding steroid dienone is 2. The van der Waals surface area contributed by atoms with Crippen LogP contribution in [0.25, 0.3) is 0 Å². The van der Waals surface area contributed by atoms with E-state index in [0.29, 0.717) is 0 Å². The third-order valence-electron chi connectivity index (χ3n) is 1.74. The van der Waals surface area contributed by atoms with Crippen LogP contribution in [0.1, 0.15) is 5.69 Å². The third-order valence-corrected chi connectivity index (χ3v) is 3.54. The molecule has 0 bridgehead atoms. The van der Waals surface area contributed by atoms with E-state index in [2.05, 4.69) is 34.0 Å². The van der Waals surface area contributed by atoms with E-state index < -0.39 is 0 Å². The van der Waals surface area contributed by atoms with Gasteiger partial charge in [-0.1, -0.05) is 18.2 Å². The van der Waals surface area contributed by atoms with Crippen LogP contribution in [0.15, 0.2) is 47.4 Å². The van der Waals surface area contributed by atoms with Crippen molar-refractivity contribution in [1.82, 2.24) is 4.98 Å². The summed E-state index contributed by atoms with van der Waals surface area (Å²) in [5, 5.41) is 4.54. The van der Waals surface area contributed by atoms with E-state index in [1.807, 2.05) is 18.3 Å². The Kier molecular flexibility index (Phi) is 2.28. The third kappa shape index (κ3) is 1.77. The van der Waals surface area contributed by atoms with Gasteiger partial charge in [0.25, 0.3) is 0 Å². The molecule has 1 aliphatic rings. The zero-order chi connectivity index (χ0) is 8.23. The molecule has 0 radical (unpaired) electrons. The van der Waals surface area contributed by atoms with E-state index in [4.69, 9.17) is 0 Å². The molecule has 0 spiro atoms. The van der Waals surface area contributed by atoms with Gasteiger partial charge in [-0.05, 0) is 22.9 Å². The highest BCUT2D eigenvalue weighted by Gasteiger charge is 2.00. The monoisotopic (exact) mass is 177 g/mol. The van der Waals surface area contributed by atoms with Crippen LogP contribution >= 0.6 is 10.9 Å². The number of thiol groups is 1. The molecule has 2 heterocycles. The standard InChI is InChI=1S/C10H11NS/c1-2-6-11-10(5-1)9-12-7-3-4-8-12/h1-8,12H,9H2. The molecule has 0 saturated carbocycles. The molecule has 2 heteroatoms. The Morgan fingerprint density at radius 2 is 2.00 bits per heavy atom. The maximum absolute atomic E-state index is 4.29. The van der Waals surface area contributed by atoms with E-state index in [-0.39, 0.29) is 10.9 Å². The van der Waals surface area contributed by atoms with Crippen LogP contribution in [0.5, 0.6) is 0 Å². The quantitative estimate of drug-likeness (QED) is 0.685. The van der Waals surface area contributed by atoms with E-state index in [0.717, 1.165) is 5.75 Å². The summed E-state index contributed by atoms with van der Waals surface area (Å²) < 4.78 is 0. The molecule has 0 fully saturated rings. The van der Waals surface area contributed by atoms with Gasteiger partial charge >= 0.3 is 0 Å². The van der Waals surface area contributed by atoms with Gasteiger partial charge in [0, 0.05) is 17.6 Å². The molecule has 12 heavy (non-hydrogen) atoms. The highest BCUT2D eigenvalue weighted by atomic mass is 32.2. The highest BCUT2D eigenvalue weighted by molar-refractivity contribution is 8.21. The Morgan fingerprint density at radius 3 is 2.67 bits per heavy atom. The average Bonchev–Trinajstić information content (AvgIpc) is 2.59. The summed E-state index contributed by atoms with van der Waals surface area (Å²) in [7, 11) is -0.0450. The molecule has 2 rings (SSSR count). The van der Waals surface area contributed by atoms with Gasteiger partial charge in [-0.15, -0.1) is 0 Å². The lowest BCUT2D eigenvalue weighted by molar-refractivity contribution is 1.18. The van der Waals surface area contributed by atoms with Crippen LogP contribution < -0.4 is 0 Å². The zero-order valence-electron chi connectivity index (χ0n) is 6.72. The molecule has 1 aliphatic heterocycles. The summed E-state index contributed by atoms with van der Waals surface area (Å²) >= 11 is 0. The van der Waals surface area contributed by atoms with Gasteiger partial charge in [0.15, 0.2) is 0 Å². The number of hydrogen-bond donors (Lipinski definition) is 1. The molecule has 1 nitrogen and oxygen atoms in total. The Bertz CT molecular complexity index is 291. The van der Waals surface area contributed by atoms with E-state index in [9.17, 15) is 0 Å². The highest BCUT2D eigenvalue weighted by Crippen LogP contribution is 2.35. The topological polar surface area (TPSA) is 12.9 Å². The average molecular weight is 177 g/mol. The predicted molar refractivity (Wildman–Crippen MR) is 55.2 cm³/mol. The summed E-state index contributed by atoms with van der Waals surface area (Å²) in [4.78, 5) is 4.29. The lowest BCUT2D eigenvalue weighted by Gasteiger charge is -2.07. The van der Waals surface area contributed by atoms with Crippen LogP contribution in [0.2, 0.25) is 0 Å². The number of hydrogen-bond acceptors (Lipinski definition) is 1. The Hall–Kier alpha value is -1.02. The van der Waals surface area contributed by atoms with Gasteiger partial charge < -0.3 is 0 Å². The first-order valence-corrected chi connectivity index (χ1v) is 5.62. The fourth-order valence-corrected chi connectivity index (χ4v) is 2.67. The first kappa shape index (κ1) is 7.62. The molecule has 0 aromatic carbocycles. The number of aromatic nitrogens is 1. The van der Waals surface area contributed by atoms with Crippen LogP contribution in [-0.2, 0) is 5.75 Å². The van der Waals surface area contributed by atoms with Crippen molar-refractivity contribution in [2.24, 2.45) is 0 Å². The molecule has 0 aliphatic carbocycles. The molecular formula is C10H11NS. The minimum atomic E-state index is -0.0450. The molecule has 0 unspecified atom stereocenters. The first-order valence-electron chi connectivity index (χ1n) is 3.96. The minimum Gasteiger partial charge on any atom is -0.260 e. The van der Waals surface area contributed by atoms with Crippen LogP contribution in [-0.4, -0.2) is 4.98 Å². The maximum Gasteiger partial charge on any atom is 0.0491 e. The second-order valence-corrected chi connectivity index (χ2v) is 4.62. The van der Waals surface area contributed by atoms with Crippen LogP contribution in [0.4, 0.5) is 0 Å². The van der Waals surface area contributed by atoms with Crippen molar-refractivity contribution in [2.75, 3.05) is 0 Å². The van der Waals surface area contributed by atoms with Gasteiger partial charge in [-0.2, -0.15) is 0 Å². The summed E-state index contributed by atoms with van der Waals surface area (Å²) in [5.41, 5.74) is 1.19. The van der Waals surface area contributed by atoms with Crippen LogP contribution in [0, 0.1) is 0 Å². The van der Waals surface area contributed by atoms with Crippen LogP contribution in [0.3, 0.4) is 0 Å². The summed E-state index contributed by atoms with van der Waals surface area (Å²) in [5.74, 6) is 1.09. The van der Waals surface area contributed by atoms with Crippen molar-refractivity contribution in [1.29, 1.82) is 0 Å². The summed E-state index contributed by atoms with van der Waals surface area (Å²) in [6, 6.07) is 6.08. The molecule has 0 atom stereocenters. The largest absolute Gasteiger partial charge is 0.260 e. The lowest BCUT2D eigenvalue weighted by Crippen LogP contribution is -1.85. The number of pyridine rings is 1. The second-order valence-electron chi connectivity index (χ2n) is 2.68. The van der Waals surface area contributed by atoms with Gasteiger partial charge in [-0.3, -0.25) is 4.98 Å². The molecule has 0 saturated heterocycles. The summed E-state index contributed by atoms with van der Waals surface area (Å²) in [6.45, 7) is 0. The Morgan fingerprint density at radius 1 is 1.17 bits per heavy atom. The molecule has 1 aromatic heterocycles.